The average molecular weight is 273 g/mol. The molecule has 0 spiro atoms. The Morgan fingerprint density at radius 2 is 2.33 bits per heavy atom. The number of hydrogen-bond donors (Lipinski definition) is 1. The van der Waals surface area contributed by atoms with Crippen molar-refractivity contribution < 1.29 is 4.79 Å². The van der Waals surface area contributed by atoms with E-state index in [-0.39, 0.29) is 24.4 Å². The van der Waals surface area contributed by atoms with Crippen LogP contribution in [0.25, 0.3) is 0 Å². The maximum absolute atomic E-state index is 12.3. The molecule has 2 rings (SSSR count). The highest BCUT2D eigenvalue weighted by molar-refractivity contribution is 5.92. The number of nitrogens with two attached hydrogens (primary N) is 1. The fraction of sp³-hybridized carbons (Fsp3) is 0.667. The highest BCUT2D eigenvalue weighted by atomic mass is 35.5. The molecule has 1 aliphatic rings. The first-order chi connectivity index (χ1) is 8.13. The lowest BCUT2D eigenvalue weighted by atomic mass is 9.90. The van der Waals surface area contributed by atoms with Gasteiger partial charge in [0.25, 0.3) is 5.91 Å². The van der Waals surface area contributed by atoms with E-state index < -0.39 is 0 Å². The van der Waals surface area contributed by atoms with E-state index in [1.165, 1.54) is 0 Å². The van der Waals surface area contributed by atoms with Gasteiger partial charge in [-0.25, -0.2) is 4.98 Å². The Morgan fingerprint density at radius 3 is 2.89 bits per heavy atom. The average Bonchev–Trinajstić information content (AvgIpc) is 2.74. The van der Waals surface area contributed by atoms with Crippen LogP contribution in [0.3, 0.4) is 0 Å². The summed E-state index contributed by atoms with van der Waals surface area (Å²) in [4.78, 5) is 18.3. The van der Waals surface area contributed by atoms with Crippen molar-refractivity contribution in [3.05, 3.63) is 18.2 Å². The number of aromatic nitrogens is 2. The van der Waals surface area contributed by atoms with Crippen LogP contribution in [-0.4, -0.2) is 39.5 Å². The number of imidazole rings is 1. The molecule has 2 atom stereocenters. The van der Waals surface area contributed by atoms with Crippen LogP contribution >= 0.6 is 12.4 Å². The number of likely N-dealkylation sites (tertiary alicyclic amines) is 1. The summed E-state index contributed by atoms with van der Waals surface area (Å²) in [6.45, 7) is 3.48. The molecule has 0 aromatic carbocycles. The second kappa shape index (κ2) is 6.20. The maximum Gasteiger partial charge on any atom is 0.274 e. The molecule has 0 radical (unpaired) electrons. The van der Waals surface area contributed by atoms with Gasteiger partial charge in [0.1, 0.15) is 5.69 Å². The highest BCUT2D eigenvalue weighted by Crippen LogP contribution is 2.23. The zero-order valence-corrected chi connectivity index (χ0v) is 11.7. The number of halogens is 1. The van der Waals surface area contributed by atoms with E-state index in [9.17, 15) is 4.79 Å². The predicted octanol–water partition coefficient (Wildman–Crippen LogP) is 1.04. The fourth-order valence-corrected chi connectivity index (χ4v) is 2.53. The second-order valence-corrected chi connectivity index (χ2v) is 4.85. The van der Waals surface area contributed by atoms with Crippen molar-refractivity contribution >= 4 is 18.3 Å². The van der Waals surface area contributed by atoms with Gasteiger partial charge in [-0.2, -0.15) is 0 Å². The second-order valence-electron chi connectivity index (χ2n) is 4.85. The lowest BCUT2D eigenvalue weighted by Gasteiger charge is -2.39. The van der Waals surface area contributed by atoms with Gasteiger partial charge in [-0.05, 0) is 18.8 Å². The molecule has 1 aromatic rings. The first-order valence-corrected chi connectivity index (χ1v) is 6.12. The minimum absolute atomic E-state index is 0. The van der Waals surface area contributed by atoms with Crippen LogP contribution in [0.4, 0.5) is 0 Å². The number of amides is 1. The maximum atomic E-state index is 12.3. The summed E-state index contributed by atoms with van der Waals surface area (Å²) < 4.78 is 1.79. The molecule has 1 fully saturated rings. The van der Waals surface area contributed by atoms with Gasteiger partial charge in [0.15, 0.2) is 0 Å². The van der Waals surface area contributed by atoms with E-state index in [1.54, 1.807) is 17.1 Å². The molecule has 2 N–H and O–H groups in total. The molecule has 0 aliphatic carbocycles. The van der Waals surface area contributed by atoms with E-state index in [2.05, 4.69) is 11.9 Å². The minimum atomic E-state index is 0. The molecule has 1 amide bonds. The Hall–Kier alpha value is -1.07. The summed E-state index contributed by atoms with van der Waals surface area (Å²) in [6.07, 6.45) is 5.61. The van der Waals surface area contributed by atoms with Crippen molar-refractivity contribution in [3.8, 4) is 0 Å². The van der Waals surface area contributed by atoms with Crippen molar-refractivity contribution in [3.63, 3.8) is 0 Å². The third kappa shape index (κ3) is 2.84. The lowest BCUT2D eigenvalue weighted by Crippen LogP contribution is -2.51. The normalized spacial score (nSPS) is 23.6. The molecule has 6 heteroatoms. The first-order valence-electron chi connectivity index (χ1n) is 6.12. The topological polar surface area (TPSA) is 64.2 Å². The highest BCUT2D eigenvalue weighted by Gasteiger charge is 2.31. The van der Waals surface area contributed by atoms with E-state index in [4.69, 9.17) is 5.73 Å². The van der Waals surface area contributed by atoms with Crippen LogP contribution in [-0.2, 0) is 7.05 Å². The van der Waals surface area contributed by atoms with E-state index in [0.717, 1.165) is 19.4 Å². The summed E-state index contributed by atoms with van der Waals surface area (Å²) in [5.41, 5.74) is 6.30. The summed E-state index contributed by atoms with van der Waals surface area (Å²) in [6, 6.07) is 0.151. The van der Waals surface area contributed by atoms with Crippen LogP contribution in [0.15, 0.2) is 12.5 Å². The number of carbonyl (C=O) groups excluding carboxylic acids is 1. The van der Waals surface area contributed by atoms with Gasteiger partial charge in [-0.3, -0.25) is 4.79 Å². The van der Waals surface area contributed by atoms with Crippen LogP contribution in [0, 0.1) is 5.92 Å². The summed E-state index contributed by atoms with van der Waals surface area (Å²) in [7, 11) is 1.86. The van der Waals surface area contributed by atoms with E-state index >= 15 is 0 Å². The number of hydrogen-bond acceptors (Lipinski definition) is 3. The molecule has 1 aliphatic heterocycles. The zero-order valence-electron chi connectivity index (χ0n) is 10.9. The summed E-state index contributed by atoms with van der Waals surface area (Å²) in [5.74, 6) is 0.481. The quantitative estimate of drug-likeness (QED) is 0.875. The number of piperidine rings is 1. The molecular weight excluding hydrogens is 252 g/mol. The van der Waals surface area contributed by atoms with Crippen molar-refractivity contribution in [2.24, 2.45) is 18.7 Å². The van der Waals surface area contributed by atoms with Gasteiger partial charge in [0.2, 0.25) is 0 Å². The summed E-state index contributed by atoms with van der Waals surface area (Å²) >= 11 is 0. The monoisotopic (exact) mass is 272 g/mol. The van der Waals surface area contributed by atoms with Gasteiger partial charge in [0, 0.05) is 32.4 Å². The molecule has 1 saturated heterocycles. The van der Waals surface area contributed by atoms with Crippen molar-refractivity contribution in [1.82, 2.24) is 14.5 Å². The van der Waals surface area contributed by atoms with Gasteiger partial charge in [-0.15, -0.1) is 12.4 Å². The standard InChI is InChI=1S/C12H20N4O.ClH/c1-9-4-3-5-16(11(9)6-13)12(17)10-7-15(2)8-14-10;/h7-9,11H,3-6,13H2,1-2H3;1H. The number of nitrogens with zero attached hydrogens (tertiary/aromatic N) is 3. The SMILES string of the molecule is CC1CCCN(C(=O)c2cn(C)cn2)C1CN.Cl. The minimum Gasteiger partial charge on any atom is -0.340 e. The number of carbonyl (C=O) groups is 1. The Bertz CT molecular complexity index is 407. The first kappa shape index (κ1) is 15.0. The van der Waals surface area contributed by atoms with E-state index in [1.807, 2.05) is 11.9 Å². The van der Waals surface area contributed by atoms with E-state index in [0.29, 0.717) is 18.2 Å². The van der Waals surface area contributed by atoms with Crippen molar-refractivity contribution in [2.45, 2.75) is 25.8 Å². The Balaban J connectivity index is 0.00000162. The lowest BCUT2D eigenvalue weighted by molar-refractivity contribution is 0.0527. The molecule has 2 heterocycles. The summed E-state index contributed by atoms with van der Waals surface area (Å²) in [5, 5.41) is 0. The smallest absolute Gasteiger partial charge is 0.274 e. The van der Waals surface area contributed by atoms with Gasteiger partial charge in [-0.1, -0.05) is 6.92 Å². The fourth-order valence-electron chi connectivity index (χ4n) is 2.53. The van der Waals surface area contributed by atoms with Gasteiger partial charge < -0.3 is 15.2 Å². The van der Waals surface area contributed by atoms with Crippen LogP contribution in [0.2, 0.25) is 0 Å². The van der Waals surface area contributed by atoms with Gasteiger partial charge >= 0.3 is 0 Å². The van der Waals surface area contributed by atoms with Gasteiger partial charge in [0.05, 0.1) is 6.33 Å². The molecule has 102 valence electrons. The number of aryl methyl sites for hydroxylation is 1. The van der Waals surface area contributed by atoms with Crippen molar-refractivity contribution in [2.75, 3.05) is 13.1 Å². The zero-order chi connectivity index (χ0) is 12.4. The van der Waals surface area contributed by atoms with Crippen LogP contribution in [0.5, 0.6) is 0 Å². The molecule has 5 nitrogen and oxygen atoms in total. The third-order valence-corrected chi connectivity index (χ3v) is 3.54. The number of rotatable bonds is 2. The molecule has 1 aromatic heterocycles. The largest absolute Gasteiger partial charge is 0.340 e. The Labute approximate surface area is 114 Å². The predicted molar refractivity (Wildman–Crippen MR) is 72.7 cm³/mol. The third-order valence-electron chi connectivity index (χ3n) is 3.54. The molecule has 2 unspecified atom stereocenters. The molecule has 0 saturated carbocycles. The Morgan fingerprint density at radius 1 is 1.61 bits per heavy atom. The molecular formula is C12H21ClN4O. The van der Waals surface area contributed by atoms with Crippen LogP contribution in [0.1, 0.15) is 30.3 Å². The van der Waals surface area contributed by atoms with Crippen molar-refractivity contribution in [1.29, 1.82) is 0 Å². The molecule has 18 heavy (non-hydrogen) atoms. The van der Waals surface area contributed by atoms with Crippen LogP contribution < -0.4 is 5.73 Å². The Kier molecular flexibility index (Phi) is 5.16. The molecule has 0 bridgehead atoms.